The van der Waals surface area contributed by atoms with Crippen LogP contribution in [0.2, 0.25) is 0 Å². The van der Waals surface area contributed by atoms with E-state index in [9.17, 15) is 18.0 Å². The van der Waals surface area contributed by atoms with E-state index >= 15 is 0 Å². The fourth-order valence-corrected chi connectivity index (χ4v) is 1.57. The molecule has 0 amide bonds. The lowest BCUT2D eigenvalue weighted by molar-refractivity contribution is -0.137. The van der Waals surface area contributed by atoms with Crippen molar-refractivity contribution in [2.75, 3.05) is 0 Å². The number of hydrogen-bond donors (Lipinski definition) is 0. The molecule has 1 aromatic carbocycles. The molecule has 0 bridgehead atoms. The second-order valence-electron chi connectivity index (χ2n) is 3.70. The van der Waals surface area contributed by atoms with Gasteiger partial charge in [0.1, 0.15) is 11.5 Å². The summed E-state index contributed by atoms with van der Waals surface area (Å²) >= 11 is 0. The van der Waals surface area contributed by atoms with Gasteiger partial charge in [-0.05, 0) is 19.1 Å². The molecule has 0 atom stereocenters. The highest BCUT2D eigenvalue weighted by Gasteiger charge is 2.31. The second kappa shape index (κ2) is 4.29. The number of aryl methyl sites for hydroxylation is 1. The van der Waals surface area contributed by atoms with Gasteiger partial charge in [0.05, 0.1) is 11.1 Å². The predicted octanol–water partition coefficient (Wildman–Crippen LogP) is 3.48. The van der Waals surface area contributed by atoms with Crippen molar-refractivity contribution < 1.29 is 22.5 Å². The first-order valence-corrected chi connectivity index (χ1v) is 5.02. The zero-order valence-corrected chi connectivity index (χ0v) is 9.28. The average Bonchev–Trinajstić information content (AvgIpc) is 2.69. The molecule has 2 rings (SSSR count). The number of rotatable bonds is 2. The number of alkyl halides is 3. The fourth-order valence-electron chi connectivity index (χ4n) is 1.57. The minimum absolute atomic E-state index is 0.119. The van der Waals surface area contributed by atoms with Gasteiger partial charge in [-0.3, -0.25) is 4.79 Å². The summed E-state index contributed by atoms with van der Waals surface area (Å²) in [6.45, 7) is 1.52. The lowest BCUT2D eigenvalue weighted by atomic mass is 10.0. The molecule has 0 unspecified atom stereocenters. The molecule has 0 aliphatic heterocycles. The van der Waals surface area contributed by atoms with Gasteiger partial charge < -0.3 is 4.52 Å². The standard InChI is InChI=1S/C12H8F3NO2/c1-7-10(6-17)11(16-18-7)8-3-2-4-9(5-8)12(13,14)15/h2-6H,1H3. The molecule has 0 fully saturated rings. The maximum absolute atomic E-state index is 12.6. The van der Waals surface area contributed by atoms with E-state index in [-0.39, 0.29) is 22.6 Å². The summed E-state index contributed by atoms with van der Waals surface area (Å²) in [5.74, 6) is 0.275. The molecule has 6 heteroatoms. The van der Waals surface area contributed by atoms with Crippen molar-refractivity contribution in [2.45, 2.75) is 13.1 Å². The van der Waals surface area contributed by atoms with Crippen LogP contribution in [-0.2, 0) is 6.18 Å². The highest BCUT2D eigenvalue weighted by atomic mass is 19.4. The Balaban J connectivity index is 2.55. The van der Waals surface area contributed by atoms with Gasteiger partial charge in [-0.15, -0.1) is 0 Å². The normalized spacial score (nSPS) is 11.6. The summed E-state index contributed by atoms with van der Waals surface area (Å²) in [6, 6.07) is 4.59. The van der Waals surface area contributed by atoms with E-state index in [0.29, 0.717) is 6.29 Å². The largest absolute Gasteiger partial charge is 0.416 e. The van der Waals surface area contributed by atoms with Crippen LogP contribution < -0.4 is 0 Å². The van der Waals surface area contributed by atoms with Crippen LogP contribution in [0.4, 0.5) is 13.2 Å². The minimum Gasteiger partial charge on any atom is -0.360 e. The van der Waals surface area contributed by atoms with Crippen molar-refractivity contribution >= 4 is 6.29 Å². The Bertz CT molecular complexity index is 587. The third-order valence-corrected chi connectivity index (χ3v) is 2.49. The number of nitrogens with zero attached hydrogens (tertiary/aromatic N) is 1. The number of carbonyl (C=O) groups is 1. The van der Waals surface area contributed by atoms with E-state index in [1.807, 2.05) is 0 Å². The number of aromatic nitrogens is 1. The molecule has 3 nitrogen and oxygen atoms in total. The average molecular weight is 255 g/mol. The zero-order valence-electron chi connectivity index (χ0n) is 9.28. The molecular formula is C12H8F3NO2. The van der Waals surface area contributed by atoms with Crippen molar-refractivity contribution in [3.8, 4) is 11.3 Å². The number of halogens is 3. The first-order valence-electron chi connectivity index (χ1n) is 5.02. The van der Waals surface area contributed by atoms with Crippen LogP contribution in [0.1, 0.15) is 21.7 Å². The highest BCUT2D eigenvalue weighted by molar-refractivity contribution is 5.86. The molecule has 1 aromatic heterocycles. The van der Waals surface area contributed by atoms with E-state index in [1.165, 1.54) is 19.1 Å². The van der Waals surface area contributed by atoms with E-state index in [1.54, 1.807) is 0 Å². The number of aldehydes is 1. The molecule has 0 spiro atoms. The van der Waals surface area contributed by atoms with Crippen LogP contribution >= 0.6 is 0 Å². The van der Waals surface area contributed by atoms with Gasteiger partial charge in [-0.1, -0.05) is 17.3 Å². The summed E-state index contributed by atoms with van der Waals surface area (Å²) in [7, 11) is 0. The maximum atomic E-state index is 12.6. The maximum Gasteiger partial charge on any atom is 0.416 e. The Kier molecular flexibility index (Phi) is 2.94. The van der Waals surface area contributed by atoms with Crippen molar-refractivity contribution in [3.63, 3.8) is 0 Å². The highest BCUT2D eigenvalue weighted by Crippen LogP contribution is 2.32. The summed E-state index contributed by atoms with van der Waals surface area (Å²) < 4.78 is 42.5. The van der Waals surface area contributed by atoms with Crippen LogP contribution in [-0.4, -0.2) is 11.4 Å². The van der Waals surface area contributed by atoms with Crippen molar-refractivity contribution in [3.05, 3.63) is 41.2 Å². The first kappa shape index (κ1) is 12.3. The van der Waals surface area contributed by atoms with Crippen molar-refractivity contribution in [2.24, 2.45) is 0 Å². The minimum atomic E-state index is -4.43. The van der Waals surface area contributed by atoms with E-state index in [0.717, 1.165) is 12.1 Å². The first-order chi connectivity index (χ1) is 8.43. The van der Waals surface area contributed by atoms with Gasteiger partial charge in [-0.2, -0.15) is 13.2 Å². The Hall–Kier alpha value is -2.11. The molecule has 0 saturated carbocycles. The third kappa shape index (κ3) is 2.13. The molecule has 18 heavy (non-hydrogen) atoms. The Morgan fingerprint density at radius 3 is 2.67 bits per heavy atom. The molecule has 0 saturated heterocycles. The lowest BCUT2D eigenvalue weighted by Crippen LogP contribution is -2.04. The smallest absolute Gasteiger partial charge is 0.360 e. The van der Waals surface area contributed by atoms with E-state index in [2.05, 4.69) is 5.16 Å². The SMILES string of the molecule is Cc1onc(-c2cccc(C(F)(F)F)c2)c1C=O. The van der Waals surface area contributed by atoms with Crippen molar-refractivity contribution in [1.29, 1.82) is 0 Å². The van der Waals surface area contributed by atoms with E-state index in [4.69, 9.17) is 4.52 Å². The topological polar surface area (TPSA) is 43.1 Å². The summed E-state index contributed by atoms with van der Waals surface area (Å²) in [4.78, 5) is 10.8. The zero-order chi connectivity index (χ0) is 13.3. The predicted molar refractivity (Wildman–Crippen MR) is 57.1 cm³/mol. The Morgan fingerprint density at radius 1 is 1.33 bits per heavy atom. The van der Waals surface area contributed by atoms with Gasteiger partial charge in [-0.25, -0.2) is 0 Å². The van der Waals surface area contributed by atoms with Crippen LogP contribution in [0.25, 0.3) is 11.3 Å². The van der Waals surface area contributed by atoms with Gasteiger partial charge in [0.2, 0.25) is 0 Å². The molecule has 0 aliphatic carbocycles. The van der Waals surface area contributed by atoms with Gasteiger partial charge in [0.15, 0.2) is 6.29 Å². The Labute approximate surface area is 100 Å². The fraction of sp³-hybridized carbons (Fsp3) is 0.167. The van der Waals surface area contributed by atoms with Gasteiger partial charge in [0, 0.05) is 5.56 Å². The van der Waals surface area contributed by atoms with Gasteiger partial charge >= 0.3 is 6.18 Å². The number of benzene rings is 1. The monoisotopic (exact) mass is 255 g/mol. The quantitative estimate of drug-likeness (QED) is 0.771. The molecule has 0 aliphatic rings. The Morgan fingerprint density at radius 2 is 2.06 bits per heavy atom. The molecule has 2 aromatic rings. The molecule has 0 radical (unpaired) electrons. The van der Waals surface area contributed by atoms with Crippen LogP contribution in [0.5, 0.6) is 0 Å². The summed E-state index contributed by atoms with van der Waals surface area (Å²) in [6.07, 6.45) is -3.92. The second-order valence-corrected chi connectivity index (χ2v) is 3.70. The van der Waals surface area contributed by atoms with E-state index < -0.39 is 11.7 Å². The van der Waals surface area contributed by atoms with Crippen LogP contribution in [0, 0.1) is 6.92 Å². The van der Waals surface area contributed by atoms with Gasteiger partial charge in [0.25, 0.3) is 0 Å². The molecule has 1 heterocycles. The molecule has 0 N–H and O–H groups in total. The van der Waals surface area contributed by atoms with Crippen molar-refractivity contribution in [1.82, 2.24) is 5.16 Å². The molecule has 94 valence electrons. The van der Waals surface area contributed by atoms with Crippen LogP contribution in [0.3, 0.4) is 0 Å². The molecular weight excluding hydrogens is 247 g/mol. The van der Waals surface area contributed by atoms with Crippen LogP contribution in [0.15, 0.2) is 28.8 Å². The summed E-state index contributed by atoms with van der Waals surface area (Å²) in [5.41, 5.74) is -0.316. The number of hydrogen-bond acceptors (Lipinski definition) is 3. The lowest BCUT2D eigenvalue weighted by Gasteiger charge is -2.07. The third-order valence-electron chi connectivity index (χ3n) is 2.49. The number of carbonyl (C=O) groups excluding carboxylic acids is 1. The summed E-state index contributed by atoms with van der Waals surface area (Å²) in [5, 5.41) is 3.61.